The maximum absolute atomic E-state index is 9.99. The summed E-state index contributed by atoms with van der Waals surface area (Å²) in [4.78, 5) is 4.95. The molecule has 1 aliphatic rings. The van der Waals surface area contributed by atoms with Gasteiger partial charge in [-0.1, -0.05) is 19.9 Å². The Bertz CT molecular complexity index is 891. The van der Waals surface area contributed by atoms with Crippen LogP contribution in [0.25, 0.3) is 0 Å². The van der Waals surface area contributed by atoms with E-state index in [0.717, 1.165) is 57.9 Å². The Hall–Kier alpha value is -2.38. The molecule has 1 aliphatic heterocycles. The van der Waals surface area contributed by atoms with Crippen molar-refractivity contribution in [2.75, 3.05) is 45.9 Å². The molecule has 0 saturated carbocycles. The molecule has 5 nitrogen and oxygen atoms in total. The fourth-order valence-electron chi connectivity index (χ4n) is 4.30. The first-order chi connectivity index (χ1) is 15.1. The van der Waals surface area contributed by atoms with Crippen molar-refractivity contribution in [3.8, 4) is 17.9 Å². The molecule has 6 heteroatoms. The van der Waals surface area contributed by atoms with Crippen LogP contribution in [0.2, 0.25) is 0 Å². The first kappa shape index (κ1) is 23.3. The quantitative estimate of drug-likeness (QED) is 0.548. The van der Waals surface area contributed by atoms with Crippen LogP contribution < -0.4 is 4.74 Å². The van der Waals surface area contributed by atoms with Gasteiger partial charge in [-0.3, -0.25) is 4.90 Å². The van der Waals surface area contributed by atoms with E-state index < -0.39 is 0 Å². The Kier molecular flexibility index (Phi) is 8.49. The number of hydrogen-bond donors (Lipinski definition) is 0. The molecule has 1 unspecified atom stereocenters. The monoisotopic (exact) mass is 436 g/mol. The van der Waals surface area contributed by atoms with Crippen molar-refractivity contribution in [2.45, 2.75) is 32.1 Å². The van der Waals surface area contributed by atoms with Crippen LogP contribution in [-0.2, 0) is 5.41 Å². The van der Waals surface area contributed by atoms with E-state index in [1.807, 2.05) is 12.1 Å². The fourth-order valence-corrected chi connectivity index (χ4v) is 5.04. The number of nitrogens with zero attached hydrogens (tertiary/aromatic N) is 4. The SMILES string of the molecule is CC(C)C(C#N)(CCCN1CCN(CCOc2cccc(C#N)c2)CC1)c1ccsc1. The molecule has 0 N–H and O–H groups in total. The van der Waals surface area contributed by atoms with Crippen LogP contribution in [0.4, 0.5) is 0 Å². The van der Waals surface area contributed by atoms with Gasteiger partial charge in [0.2, 0.25) is 0 Å². The largest absolute Gasteiger partial charge is 0.492 e. The minimum Gasteiger partial charge on any atom is -0.492 e. The van der Waals surface area contributed by atoms with Crippen molar-refractivity contribution < 1.29 is 4.74 Å². The molecule has 0 radical (unpaired) electrons. The lowest BCUT2D eigenvalue weighted by Gasteiger charge is -2.36. The Labute approximate surface area is 190 Å². The van der Waals surface area contributed by atoms with E-state index in [2.05, 4.69) is 52.6 Å². The summed E-state index contributed by atoms with van der Waals surface area (Å²) in [5.74, 6) is 1.06. The Morgan fingerprint density at radius 1 is 1.10 bits per heavy atom. The molecule has 3 rings (SSSR count). The van der Waals surface area contributed by atoms with E-state index in [-0.39, 0.29) is 5.41 Å². The highest BCUT2D eigenvalue weighted by atomic mass is 32.1. The van der Waals surface area contributed by atoms with E-state index in [0.29, 0.717) is 18.1 Å². The maximum atomic E-state index is 9.99. The van der Waals surface area contributed by atoms with Gasteiger partial charge in [-0.15, -0.1) is 0 Å². The van der Waals surface area contributed by atoms with Gasteiger partial charge < -0.3 is 9.64 Å². The van der Waals surface area contributed by atoms with Crippen molar-refractivity contribution in [3.05, 3.63) is 52.2 Å². The van der Waals surface area contributed by atoms with Crippen LogP contribution in [0.3, 0.4) is 0 Å². The van der Waals surface area contributed by atoms with E-state index in [1.165, 1.54) is 5.56 Å². The molecular weight excluding hydrogens is 404 g/mol. The fraction of sp³-hybridized carbons (Fsp3) is 0.520. The topological polar surface area (TPSA) is 63.3 Å². The minimum atomic E-state index is -0.373. The van der Waals surface area contributed by atoms with Gasteiger partial charge in [0.1, 0.15) is 12.4 Å². The second-order valence-corrected chi connectivity index (χ2v) is 9.30. The lowest BCUT2D eigenvalue weighted by molar-refractivity contribution is 0.114. The van der Waals surface area contributed by atoms with Crippen LogP contribution in [0.5, 0.6) is 5.75 Å². The van der Waals surface area contributed by atoms with E-state index in [1.54, 1.807) is 23.5 Å². The van der Waals surface area contributed by atoms with Gasteiger partial charge in [0, 0.05) is 32.7 Å². The van der Waals surface area contributed by atoms with Crippen LogP contribution in [0.1, 0.15) is 37.8 Å². The zero-order valence-corrected chi connectivity index (χ0v) is 19.4. The zero-order chi connectivity index (χ0) is 22.1. The second kappa shape index (κ2) is 11.3. The third-order valence-corrected chi connectivity index (χ3v) is 7.05. The predicted molar refractivity (Wildman–Crippen MR) is 125 cm³/mol. The molecule has 0 amide bonds. The molecule has 164 valence electrons. The number of piperazine rings is 1. The number of hydrogen-bond acceptors (Lipinski definition) is 6. The highest BCUT2D eigenvalue weighted by Gasteiger charge is 2.36. The van der Waals surface area contributed by atoms with Crippen molar-refractivity contribution in [1.82, 2.24) is 9.80 Å². The second-order valence-electron chi connectivity index (χ2n) is 8.52. The van der Waals surface area contributed by atoms with E-state index >= 15 is 0 Å². The summed E-state index contributed by atoms with van der Waals surface area (Å²) in [5, 5.41) is 23.2. The first-order valence-electron chi connectivity index (χ1n) is 11.1. The number of ether oxygens (including phenoxy) is 1. The zero-order valence-electron chi connectivity index (χ0n) is 18.6. The molecule has 2 heterocycles. The number of thiophene rings is 1. The van der Waals surface area contributed by atoms with Gasteiger partial charge in [-0.2, -0.15) is 21.9 Å². The van der Waals surface area contributed by atoms with Crippen LogP contribution in [0, 0.1) is 28.6 Å². The van der Waals surface area contributed by atoms with Crippen LogP contribution in [-0.4, -0.2) is 55.7 Å². The average Bonchev–Trinajstić information content (AvgIpc) is 3.33. The number of nitriles is 2. The number of rotatable bonds is 10. The summed E-state index contributed by atoms with van der Waals surface area (Å²) < 4.78 is 5.81. The Balaban J connectivity index is 1.38. The van der Waals surface area contributed by atoms with Crippen LogP contribution in [0.15, 0.2) is 41.1 Å². The smallest absolute Gasteiger partial charge is 0.120 e. The van der Waals surface area contributed by atoms with Gasteiger partial charge in [0.15, 0.2) is 0 Å². The van der Waals surface area contributed by atoms with Gasteiger partial charge in [-0.25, -0.2) is 0 Å². The average molecular weight is 437 g/mol. The molecule has 31 heavy (non-hydrogen) atoms. The third kappa shape index (κ3) is 6.08. The van der Waals surface area contributed by atoms with Crippen molar-refractivity contribution in [1.29, 1.82) is 10.5 Å². The first-order valence-corrected chi connectivity index (χ1v) is 12.0. The van der Waals surface area contributed by atoms with Gasteiger partial charge in [0.25, 0.3) is 0 Å². The standard InChI is InChI=1S/C25H32N4OS/c1-21(2)25(20-27,23-7-16-31-19-23)8-4-9-28-10-12-29(13-11-28)14-15-30-24-6-3-5-22(17-24)18-26/h3,5-7,16-17,19,21H,4,8-15H2,1-2H3. The minimum absolute atomic E-state index is 0.304. The Morgan fingerprint density at radius 2 is 1.84 bits per heavy atom. The maximum Gasteiger partial charge on any atom is 0.120 e. The Morgan fingerprint density at radius 3 is 2.45 bits per heavy atom. The normalized spacial score (nSPS) is 17.1. The molecule has 1 aromatic carbocycles. The number of benzene rings is 1. The summed E-state index contributed by atoms with van der Waals surface area (Å²) in [5.41, 5.74) is 1.44. The molecule has 0 bridgehead atoms. The van der Waals surface area contributed by atoms with Crippen molar-refractivity contribution >= 4 is 11.3 Å². The molecule has 1 fully saturated rings. The highest BCUT2D eigenvalue weighted by molar-refractivity contribution is 7.08. The lowest BCUT2D eigenvalue weighted by atomic mass is 9.71. The van der Waals surface area contributed by atoms with Crippen LogP contribution >= 0.6 is 11.3 Å². The molecule has 1 aromatic heterocycles. The van der Waals surface area contributed by atoms with Gasteiger partial charge in [-0.05, 0) is 65.9 Å². The lowest BCUT2D eigenvalue weighted by Crippen LogP contribution is -2.47. The van der Waals surface area contributed by atoms with E-state index in [4.69, 9.17) is 10.00 Å². The molecular formula is C25H32N4OS. The summed E-state index contributed by atoms with van der Waals surface area (Å²) in [6.07, 6.45) is 1.95. The third-order valence-electron chi connectivity index (χ3n) is 6.37. The van der Waals surface area contributed by atoms with Gasteiger partial charge in [0.05, 0.1) is 23.1 Å². The summed E-state index contributed by atoms with van der Waals surface area (Å²) in [6.45, 7) is 11.1. The van der Waals surface area contributed by atoms with E-state index in [9.17, 15) is 5.26 Å². The molecule has 2 aromatic rings. The molecule has 0 aliphatic carbocycles. The highest BCUT2D eigenvalue weighted by Crippen LogP contribution is 2.37. The van der Waals surface area contributed by atoms with Crippen molar-refractivity contribution in [3.63, 3.8) is 0 Å². The summed E-state index contributed by atoms with van der Waals surface area (Å²) >= 11 is 1.68. The summed E-state index contributed by atoms with van der Waals surface area (Å²) in [6, 6.07) is 14.2. The summed E-state index contributed by atoms with van der Waals surface area (Å²) in [7, 11) is 0. The molecule has 1 saturated heterocycles. The van der Waals surface area contributed by atoms with Gasteiger partial charge >= 0.3 is 0 Å². The predicted octanol–water partition coefficient (Wildman–Crippen LogP) is 4.51. The van der Waals surface area contributed by atoms with Crippen molar-refractivity contribution in [2.24, 2.45) is 5.92 Å². The molecule has 0 spiro atoms. The molecule has 1 atom stereocenters.